The van der Waals surface area contributed by atoms with Crippen molar-refractivity contribution in [2.24, 2.45) is 5.73 Å². The molecule has 1 aromatic carbocycles. The average Bonchev–Trinajstić information content (AvgIpc) is 2.56. The second-order valence-electron chi connectivity index (χ2n) is 3.95. The Kier molecular flexibility index (Phi) is 3.38. The standard InChI is InChI=1S/C11H12ClFN4O/c12-6-4-8-9(5-7(6)13)17(11(15)16-8)3-1-2-10(14)18/h4-5H,1-3H2,(H2,14,18)(H2,15,16). The van der Waals surface area contributed by atoms with Gasteiger partial charge in [-0.1, -0.05) is 11.6 Å². The van der Waals surface area contributed by atoms with Gasteiger partial charge in [-0.15, -0.1) is 0 Å². The minimum absolute atomic E-state index is 0.00397. The number of imidazole rings is 1. The molecule has 4 N–H and O–H groups in total. The molecular weight excluding hydrogens is 259 g/mol. The van der Waals surface area contributed by atoms with Gasteiger partial charge in [0.2, 0.25) is 11.9 Å². The van der Waals surface area contributed by atoms with Crippen molar-refractivity contribution in [1.82, 2.24) is 9.55 Å². The fourth-order valence-electron chi connectivity index (χ4n) is 1.79. The Balaban J connectivity index is 2.34. The van der Waals surface area contributed by atoms with E-state index < -0.39 is 5.82 Å². The second-order valence-corrected chi connectivity index (χ2v) is 4.35. The van der Waals surface area contributed by atoms with Crippen LogP contribution in [0.2, 0.25) is 5.02 Å². The SMILES string of the molecule is NC(=O)CCCn1c(N)nc2cc(Cl)c(F)cc21. The molecule has 96 valence electrons. The van der Waals surface area contributed by atoms with Gasteiger partial charge in [-0.25, -0.2) is 9.37 Å². The highest BCUT2D eigenvalue weighted by Crippen LogP contribution is 2.24. The van der Waals surface area contributed by atoms with Gasteiger partial charge in [0.05, 0.1) is 16.1 Å². The highest BCUT2D eigenvalue weighted by Gasteiger charge is 2.11. The summed E-state index contributed by atoms with van der Waals surface area (Å²) in [5.74, 6) is -0.649. The zero-order valence-corrected chi connectivity index (χ0v) is 10.2. The maximum Gasteiger partial charge on any atom is 0.217 e. The molecule has 2 aromatic rings. The summed E-state index contributed by atoms with van der Waals surface area (Å²) in [4.78, 5) is 14.7. The highest BCUT2D eigenvalue weighted by atomic mass is 35.5. The number of fused-ring (bicyclic) bond motifs is 1. The van der Waals surface area contributed by atoms with Crippen LogP contribution in [-0.2, 0) is 11.3 Å². The van der Waals surface area contributed by atoms with Crippen molar-refractivity contribution < 1.29 is 9.18 Å². The van der Waals surface area contributed by atoms with Gasteiger partial charge in [0.25, 0.3) is 0 Å². The summed E-state index contributed by atoms with van der Waals surface area (Å²) in [6.45, 7) is 0.451. The first kappa shape index (κ1) is 12.6. The van der Waals surface area contributed by atoms with Gasteiger partial charge in [-0.3, -0.25) is 4.79 Å². The first-order chi connectivity index (χ1) is 8.49. The van der Waals surface area contributed by atoms with Crippen LogP contribution in [0.4, 0.5) is 10.3 Å². The van der Waals surface area contributed by atoms with Crippen LogP contribution in [0.5, 0.6) is 0 Å². The number of benzene rings is 1. The molecule has 0 spiro atoms. The molecule has 18 heavy (non-hydrogen) atoms. The van der Waals surface area contributed by atoms with Crippen LogP contribution >= 0.6 is 11.6 Å². The van der Waals surface area contributed by atoms with E-state index in [0.717, 1.165) is 0 Å². The molecule has 0 saturated carbocycles. The number of anilines is 1. The van der Waals surface area contributed by atoms with Crippen LogP contribution in [-0.4, -0.2) is 15.5 Å². The van der Waals surface area contributed by atoms with Crippen LogP contribution in [0.3, 0.4) is 0 Å². The smallest absolute Gasteiger partial charge is 0.217 e. The maximum absolute atomic E-state index is 13.4. The van der Waals surface area contributed by atoms with Crippen LogP contribution < -0.4 is 11.5 Å². The quantitative estimate of drug-likeness (QED) is 0.886. The van der Waals surface area contributed by atoms with Gasteiger partial charge < -0.3 is 16.0 Å². The number of nitrogens with zero attached hydrogens (tertiary/aromatic N) is 2. The van der Waals surface area contributed by atoms with E-state index in [0.29, 0.717) is 24.0 Å². The summed E-state index contributed by atoms with van der Waals surface area (Å²) < 4.78 is 15.0. The molecule has 0 aliphatic rings. The van der Waals surface area contributed by atoms with E-state index in [2.05, 4.69) is 4.98 Å². The summed E-state index contributed by atoms with van der Waals surface area (Å²) in [5.41, 5.74) is 11.9. The average molecular weight is 271 g/mol. The van der Waals surface area contributed by atoms with E-state index in [4.69, 9.17) is 23.1 Å². The largest absolute Gasteiger partial charge is 0.370 e. The van der Waals surface area contributed by atoms with Crippen molar-refractivity contribution in [1.29, 1.82) is 0 Å². The lowest BCUT2D eigenvalue weighted by molar-refractivity contribution is -0.118. The molecule has 0 fully saturated rings. The lowest BCUT2D eigenvalue weighted by atomic mass is 10.2. The molecule has 1 aromatic heterocycles. The molecule has 0 unspecified atom stereocenters. The number of amides is 1. The summed E-state index contributed by atoms with van der Waals surface area (Å²) >= 11 is 5.67. The normalized spacial score (nSPS) is 11.0. The van der Waals surface area contributed by atoms with Gasteiger partial charge in [0.15, 0.2) is 0 Å². The van der Waals surface area contributed by atoms with E-state index in [-0.39, 0.29) is 23.3 Å². The Morgan fingerprint density at radius 2 is 2.22 bits per heavy atom. The van der Waals surface area contributed by atoms with Crippen LogP contribution in [0, 0.1) is 5.82 Å². The molecule has 0 aliphatic carbocycles. The number of carbonyl (C=O) groups is 1. The van der Waals surface area contributed by atoms with Crippen LogP contribution in [0.15, 0.2) is 12.1 Å². The minimum atomic E-state index is -0.528. The predicted molar refractivity (Wildman–Crippen MR) is 67.5 cm³/mol. The molecule has 0 bridgehead atoms. The summed E-state index contributed by atoms with van der Waals surface area (Å²) in [7, 11) is 0. The summed E-state index contributed by atoms with van der Waals surface area (Å²) in [6.07, 6.45) is 0.768. The molecule has 1 amide bonds. The molecule has 0 atom stereocenters. The fraction of sp³-hybridized carbons (Fsp3) is 0.273. The topological polar surface area (TPSA) is 86.9 Å². The third-order valence-corrected chi connectivity index (χ3v) is 2.91. The number of aromatic nitrogens is 2. The first-order valence-corrected chi connectivity index (χ1v) is 5.76. The maximum atomic E-state index is 13.4. The lowest BCUT2D eigenvalue weighted by Gasteiger charge is -2.05. The van der Waals surface area contributed by atoms with E-state index in [9.17, 15) is 9.18 Å². The van der Waals surface area contributed by atoms with Gasteiger partial charge in [-0.05, 0) is 12.5 Å². The van der Waals surface area contributed by atoms with E-state index in [1.54, 1.807) is 4.57 Å². The lowest BCUT2D eigenvalue weighted by Crippen LogP contribution is -2.12. The third-order valence-electron chi connectivity index (χ3n) is 2.62. The number of rotatable bonds is 4. The molecule has 1 heterocycles. The molecule has 7 heteroatoms. The summed E-state index contributed by atoms with van der Waals surface area (Å²) in [5, 5.41) is 0.00397. The number of nitrogen functional groups attached to an aromatic ring is 1. The van der Waals surface area contributed by atoms with Crippen molar-refractivity contribution in [3.8, 4) is 0 Å². The van der Waals surface area contributed by atoms with Crippen LogP contribution in [0.1, 0.15) is 12.8 Å². The number of primary amides is 1. The molecule has 2 rings (SSSR count). The van der Waals surface area contributed by atoms with Crippen molar-refractivity contribution in [2.75, 3.05) is 5.73 Å². The second kappa shape index (κ2) is 4.81. The van der Waals surface area contributed by atoms with Crippen molar-refractivity contribution in [3.63, 3.8) is 0 Å². The van der Waals surface area contributed by atoms with E-state index in [1.165, 1.54) is 12.1 Å². The van der Waals surface area contributed by atoms with Gasteiger partial charge in [0.1, 0.15) is 5.82 Å². The van der Waals surface area contributed by atoms with E-state index >= 15 is 0 Å². The van der Waals surface area contributed by atoms with Crippen LogP contribution in [0.25, 0.3) is 11.0 Å². The Morgan fingerprint density at radius 3 is 2.89 bits per heavy atom. The number of halogens is 2. The third kappa shape index (κ3) is 2.38. The first-order valence-electron chi connectivity index (χ1n) is 5.38. The van der Waals surface area contributed by atoms with Gasteiger partial charge in [0, 0.05) is 19.0 Å². The highest BCUT2D eigenvalue weighted by molar-refractivity contribution is 6.31. The monoisotopic (exact) mass is 270 g/mol. The fourth-order valence-corrected chi connectivity index (χ4v) is 1.94. The Hall–Kier alpha value is -1.82. The predicted octanol–water partition coefficient (Wildman–Crippen LogP) is 1.68. The number of carbonyl (C=O) groups excluding carboxylic acids is 1. The Bertz CT molecular complexity index is 611. The van der Waals surface area contributed by atoms with Gasteiger partial charge >= 0.3 is 0 Å². The zero-order chi connectivity index (χ0) is 13.3. The molecule has 0 radical (unpaired) electrons. The number of hydrogen-bond donors (Lipinski definition) is 2. The molecule has 0 aliphatic heterocycles. The van der Waals surface area contributed by atoms with Crippen molar-refractivity contribution in [2.45, 2.75) is 19.4 Å². The van der Waals surface area contributed by atoms with Crippen molar-refractivity contribution >= 4 is 34.5 Å². The van der Waals surface area contributed by atoms with E-state index in [1.807, 2.05) is 0 Å². The zero-order valence-electron chi connectivity index (χ0n) is 9.49. The Morgan fingerprint density at radius 1 is 1.50 bits per heavy atom. The molecular formula is C11H12ClFN4O. The molecule has 5 nitrogen and oxygen atoms in total. The minimum Gasteiger partial charge on any atom is -0.370 e. The summed E-state index contributed by atoms with van der Waals surface area (Å²) in [6, 6.07) is 2.71. The number of nitrogens with two attached hydrogens (primary N) is 2. The van der Waals surface area contributed by atoms with Crippen molar-refractivity contribution in [3.05, 3.63) is 23.0 Å². The Labute approximate surface area is 108 Å². The number of hydrogen-bond acceptors (Lipinski definition) is 3. The van der Waals surface area contributed by atoms with Gasteiger partial charge in [-0.2, -0.15) is 0 Å². The number of aryl methyl sites for hydroxylation is 1. The molecule has 0 saturated heterocycles.